The standard InChI is InChI=1S/C22H17Cl2N3O2/c1-12-7-16(19-8-14(22(28)29)5-6-25-19)9-20-21(12)26-13(2)27(20)11-15-3-4-17(23)10-18(15)24/h3-10H,11H2,1-2H3,(H,28,29). The van der Waals surface area contributed by atoms with Crippen molar-refractivity contribution in [3.63, 3.8) is 0 Å². The van der Waals surface area contributed by atoms with Crippen molar-refractivity contribution in [2.45, 2.75) is 20.4 Å². The number of carbonyl (C=O) groups is 1. The summed E-state index contributed by atoms with van der Waals surface area (Å²) in [5.74, 6) is -0.122. The number of rotatable bonds is 4. The maximum absolute atomic E-state index is 11.3. The molecule has 0 aliphatic rings. The summed E-state index contributed by atoms with van der Waals surface area (Å²) >= 11 is 12.4. The molecule has 0 aliphatic carbocycles. The summed E-state index contributed by atoms with van der Waals surface area (Å²) in [7, 11) is 0. The monoisotopic (exact) mass is 425 g/mol. The summed E-state index contributed by atoms with van der Waals surface area (Å²) in [5.41, 5.74) is 5.39. The summed E-state index contributed by atoms with van der Waals surface area (Å²) in [4.78, 5) is 20.4. The van der Waals surface area contributed by atoms with Crippen molar-refractivity contribution in [3.05, 3.63) is 81.2 Å². The van der Waals surface area contributed by atoms with Gasteiger partial charge in [0, 0.05) is 21.8 Å². The Labute approximate surface area is 177 Å². The van der Waals surface area contributed by atoms with Crippen molar-refractivity contribution in [2.24, 2.45) is 0 Å². The number of fused-ring (bicyclic) bond motifs is 1. The summed E-state index contributed by atoms with van der Waals surface area (Å²) in [6.07, 6.45) is 1.51. The second-order valence-electron chi connectivity index (χ2n) is 6.88. The van der Waals surface area contributed by atoms with E-state index < -0.39 is 5.97 Å². The molecule has 0 spiro atoms. The van der Waals surface area contributed by atoms with Crippen molar-refractivity contribution in [3.8, 4) is 11.3 Å². The summed E-state index contributed by atoms with van der Waals surface area (Å²) in [5, 5.41) is 10.5. The Morgan fingerprint density at radius 3 is 2.62 bits per heavy atom. The molecule has 2 heterocycles. The number of aryl methyl sites for hydroxylation is 2. The van der Waals surface area contributed by atoms with E-state index in [1.807, 2.05) is 38.1 Å². The Balaban J connectivity index is 1.85. The van der Waals surface area contributed by atoms with E-state index in [1.165, 1.54) is 12.3 Å². The summed E-state index contributed by atoms with van der Waals surface area (Å²) < 4.78 is 2.09. The molecule has 2 aromatic carbocycles. The van der Waals surface area contributed by atoms with Gasteiger partial charge in [0.05, 0.1) is 28.8 Å². The minimum absolute atomic E-state index is 0.199. The van der Waals surface area contributed by atoms with Crippen LogP contribution in [0.25, 0.3) is 22.3 Å². The largest absolute Gasteiger partial charge is 0.478 e. The average Bonchev–Trinajstić information content (AvgIpc) is 3.00. The highest BCUT2D eigenvalue weighted by molar-refractivity contribution is 6.35. The number of pyridine rings is 1. The molecule has 4 aromatic rings. The van der Waals surface area contributed by atoms with E-state index in [1.54, 1.807) is 12.1 Å². The Hall–Kier alpha value is -2.89. The van der Waals surface area contributed by atoms with Crippen LogP contribution in [0.3, 0.4) is 0 Å². The first kappa shape index (κ1) is 19.4. The third kappa shape index (κ3) is 3.71. The first-order chi connectivity index (χ1) is 13.8. The number of aromatic nitrogens is 3. The first-order valence-corrected chi connectivity index (χ1v) is 9.70. The number of nitrogens with zero attached hydrogens (tertiary/aromatic N) is 3. The van der Waals surface area contributed by atoms with Crippen LogP contribution in [0.15, 0.2) is 48.7 Å². The van der Waals surface area contributed by atoms with E-state index in [0.29, 0.717) is 22.3 Å². The smallest absolute Gasteiger partial charge is 0.335 e. The molecule has 0 atom stereocenters. The fourth-order valence-corrected chi connectivity index (χ4v) is 3.87. The Morgan fingerprint density at radius 1 is 1.10 bits per heavy atom. The van der Waals surface area contributed by atoms with Crippen LogP contribution in [0.4, 0.5) is 0 Å². The maximum Gasteiger partial charge on any atom is 0.335 e. The molecule has 0 bridgehead atoms. The van der Waals surface area contributed by atoms with Gasteiger partial charge < -0.3 is 9.67 Å². The van der Waals surface area contributed by atoms with Gasteiger partial charge in [-0.15, -0.1) is 0 Å². The number of carboxylic acids is 1. The van der Waals surface area contributed by atoms with Crippen LogP contribution in [0.1, 0.15) is 27.3 Å². The highest BCUT2D eigenvalue weighted by Gasteiger charge is 2.15. The van der Waals surface area contributed by atoms with Crippen LogP contribution in [0, 0.1) is 13.8 Å². The second-order valence-corrected chi connectivity index (χ2v) is 7.72. The molecule has 1 N–H and O–H groups in total. The lowest BCUT2D eigenvalue weighted by Gasteiger charge is -2.11. The van der Waals surface area contributed by atoms with Crippen LogP contribution < -0.4 is 0 Å². The van der Waals surface area contributed by atoms with Crippen molar-refractivity contribution in [1.82, 2.24) is 14.5 Å². The zero-order valence-electron chi connectivity index (χ0n) is 15.8. The molecule has 0 aliphatic heterocycles. The molecule has 0 radical (unpaired) electrons. The molecular formula is C22H17Cl2N3O2. The predicted molar refractivity (Wildman–Crippen MR) is 115 cm³/mol. The van der Waals surface area contributed by atoms with Crippen molar-refractivity contribution < 1.29 is 9.90 Å². The molecule has 0 fully saturated rings. The summed E-state index contributed by atoms with van der Waals surface area (Å²) in [6, 6.07) is 12.5. The van der Waals surface area contributed by atoms with E-state index in [-0.39, 0.29) is 5.56 Å². The Kier molecular flexibility index (Phi) is 5.03. The number of imidazole rings is 1. The van der Waals surface area contributed by atoms with Gasteiger partial charge in [0.25, 0.3) is 0 Å². The van der Waals surface area contributed by atoms with E-state index in [9.17, 15) is 9.90 Å². The van der Waals surface area contributed by atoms with Gasteiger partial charge in [0.15, 0.2) is 0 Å². The van der Waals surface area contributed by atoms with Crippen molar-refractivity contribution >= 4 is 40.2 Å². The molecule has 5 nitrogen and oxygen atoms in total. The van der Waals surface area contributed by atoms with Crippen molar-refractivity contribution in [2.75, 3.05) is 0 Å². The number of hydrogen-bond donors (Lipinski definition) is 1. The molecule has 0 saturated carbocycles. The number of benzene rings is 2. The zero-order chi connectivity index (χ0) is 20.7. The molecule has 146 valence electrons. The molecule has 29 heavy (non-hydrogen) atoms. The Morgan fingerprint density at radius 2 is 1.90 bits per heavy atom. The lowest BCUT2D eigenvalue weighted by atomic mass is 10.0. The zero-order valence-corrected chi connectivity index (χ0v) is 17.3. The topological polar surface area (TPSA) is 68.0 Å². The van der Waals surface area contributed by atoms with Gasteiger partial charge in [-0.1, -0.05) is 29.3 Å². The van der Waals surface area contributed by atoms with Gasteiger partial charge in [0.2, 0.25) is 0 Å². The van der Waals surface area contributed by atoms with E-state index in [2.05, 4.69) is 9.55 Å². The van der Waals surface area contributed by atoms with Crippen LogP contribution in [0.5, 0.6) is 0 Å². The van der Waals surface area contributed by atoms with E-state index in [4.69, 9.17) is 28.2 Å². The van der Waals surface area contributed by atoms with Gasteiger partial charge in [-0.25, -0.2) is 9.78 Å². The minimum atomic E-state index is -0.982. The van der Waals surface area contributed by atoms with Gasteiger partial charge in [-0.05, 0) is 61.4 Å². The van der Waals surface area contributed by atoms with Gasteiger partial charge in [0.1, 0.15) is 5.82 Å². The van der Waals surface area contributed by atoms with Crippen molar-refractivity contribution in [1.29, 1.82) is 0 Å². The molecule has 0 unspecified atom stereocenters. The molecule has 7 heteroatoms. The van der Waals surface area contributed by atoms with Gasteiger partial charge in [-0.2, -0.15) is 0 Å². The molecule has 4 rings (SSSR count). The SMILES string of the molecule is Cc1cc(-c2cc(C(=O)O)ccn2)cc2c1nc(C)n2Cc1ccc(Cl)cc1Cl. The lowest BCUT2D eigenvalue weighted by molar-refractivity contribution is 0.0697. The molecular weight excluding hydrogens is 409 g/mol. The van der Waals surface area contributed by atoms with Crippen LogP contribution >= 0.6 is 23.2 Å². The normalized spacial score (nSPS) is 11.2. The molecule has 0 amide bonds. The highest BCUT2D eigenvalue weighted by atomic mass is 35.5. The highest BCUT2D eigenvalue weighted by Crippen LogP contribution is 2.29. The molecule has 0 saturated heterocycles. The van der Waals surface area contributed by atoms with Gasteiger partial charge in [-0.3, -0.25) is 4.98 Å². The van der Waals surface area contributed by atoms with Gasteiger partial charge >= 0.3 is 5.97 Å². The molecule has 2 aromatic heterocycles. The quantitative estimate of drug-likeness (QED) is 0.450. The number of hydrogen-bond acceptors (Lipinski definition) is 3. The second kappa shape index (κ2) is 7.50. The lowest BCUT2D eigenvalue weighted by Crippen LogP contribution is -2.03. The van der Waals surface area contributed by atoms with Crippen LogP contribution in [-0.4, -0.2) is 25.6 Å². The fraction of sp³-hybridized carbons (Fsp3) is 0.136. The maximum atomic E-state index is 11.3. The Bertz CT molecular complexity index is 1260. The number of carboxylic acid groups (broad SMARTS) is 1. The van der Waals surface area contributed by atoms with E-state index in [0.717, 1.165) is 33.5 Å². The third-order valence-electron chi connectivity index (χ3n) is 4.88. The number of aromatic carboxylic acids is 1. The average molecular weight is 426 g/mol. The van der Waals surface area contributed by atoms with Crippen LogP contribution in [-0.2, 0) is 6.54 Å². The minimum Gasteiger partial charge on any atom is -0.478 e. The number of halogens is 2. The fourth-order valence-electron chi connectivity index (χ4n) is 3.40. The van der Waals surface area contributed by atoms with E-state index >= 15 is 0 Å². The summed E-state index contributed by atoms with van der Waals surface area (Å²) in [6.45, 7) is 4.48. The third-order valence-corrected chi connectivity index (χ3v) is 5.47. The van der Waals surface area contributed by atoms with Crippen LogP contribution in [0.2, 0.25) is 10.0 Å². The predicted octanol–water partition coefficient (Wildman–Crippen LogP) is 5.77. The first-order valence-electron chi connectivity index (χ1n) is 8.94.